The molecule has 3 nitrogen and oxygen atoms in total. The Bertz CT molecular complexity index is 599. The van der Waals surface area contributed by atoms with Gasteiger partial charge in [0.15, 0.2) is 0 Å². The van der Waals surface area contributed by atoms with E-state index in [-0.39, 0.29) is 5.91 Å². The van der Waals surface area contributed by atoms with Gasteiger partial charge in [-0.05, 0) is 23.8 Å². The molecule has 2 rings (SSSR count). The fourth-order valence-corrected chi connectivity index (χ4v) is 1.84. The van der Waals surface area contributed by atoms with E-state index in [1.165, 1.54) is 6.20 Å². The molecule has 0 saturated heterocycles. The molecule has 0 aliphatic heterocycles. The molecule has 0 spiro atoms. The first-order valence-corrected chi connectivity index (χ1v) is 6.00. The molecule has 0 fully saturated rings. The van der Waals surface area contributed by atoms with Gasteiger partial charge in [-0.2, -0.15) is 0 Å². The van der Waals surface area contributed by atoms with Crippen molar-refractivity contribution in [1.29, 1.82) is 0 Å². The summed E-state index contributed by atoms with van der Waals surface area (Å²) in [6.45, 7) is 0. The zero-order chi connectivity index (χ0) is 13.1. The van der Waals surface area contributed by atoms with Crippen molar-refractivity contribution in [3.05, 3.63) is 52.3 Å². The summed E-state index contributed by atoms with van der Waals surface area (Å²) in [7, 11) is 1.58. The Hall–Kier alpha value is -1.58. The van der Waals surface area contributed by atoms with E-state index in [9.17, 15) is 4.79 Å². The van der Waals surface area contributed by atoms with E-state index < -0.39 is 0 Å². The minimum atomic E-state index is -0.176. The van der Waals surface area contributed by atoms with Crippen LogP contribution in [0.2, 0.25) is 10.0 Å². The molecule has 18 heavy (non-hydrogen) atoms. The van der Waals surface area contributed by atoms with Crippen molar-refractivity contribution in [1.82, 2.24) is 10.3 Å². The molecule has 0 radical (unpaired) electrons. The highest BCUT2D eigenvalue weighted by Gasteiger charge is 2.07. The highest BCUT2D eigenvalue weighted by Crippen LogP contribution is 2.28. The van der Waals surface area contributed by atoms with E-state index in [4.69, 9.17) is 23.2 Å². The Labute approximate surface area is 115 Å². The topological polar surface area (TPSA) is 42.0 Å². The van der Waals surface area contributed by atoms with Gasteiger partial charge >= 0.3 is 0 Å². The smallest absolute Gasteiger partial charge is 0.252 e. The lowest BCUT2D eigenvalue weighted by Crippen LogP contribution is -2.17. The Morgan fingerprint density at radius 1 is 1.11 bits per heavy atom. The standard InChI is InChI=1S/C13H10Cl2N2O/c1-16-13(18)10-4-9(6-17-7-10)8-2-3-11(14)12(15)5-8/h2-7H,1H3,(H,16,18). The van der Waals surface area contributed by atoms with E-state index in [2.05, 4.69) is 10.3 Å². The van der Waals surface area contributed by atoms with Gasteiger partial charge in [-0.25, -0.2) is 0 Å². The monoisotopic (exact) mass is 280 g/mol. The van der Waals surface area contributed by atoms with Crippen molar-refractivity contribution in [2.24, 2.45) is 0 Å². The predicted molar refractivity (Wildman–Crippen MR) is 73.1 cm³/mol. The number of benzene rings is 1. The Morgan fingerprint density at radius 2 is 1.89 bits per heavy atom. The number of aromatic nitrogens is 1. The molecule has 1 N–H and O–H groups in total. The molecule has 0 saturated carbocycles. The van der Waals surface area contributed by atoms with E-state index in [0.717, 1.165) is 11.1 Å². The third kappa shape index (κ3) is 2.63. The average Bonchev–Trinajstić information content (AvgIpc) is 2.41. The number of rotatable bonds is 2. The average molecular weight is 281 g/mol. The molecule has 0 bridgehead atoms. The summed E-state index contributed by atoms with van der Waals surface area (Å²) >= 11 is 11.8. The van der Waals surface area contributed by atoms with Crippen molar-refractivity contribution >= 4 is 29.1 Å². The van der Waals surface area contributed by atoms with Crippen LogP contribution in [-0.2, 0) is 0 Å². The second-order valence-corrected chi connectivity index (χ2v) is 4.48. The van der Waals surface area contributed by atoms with Crippen molar-refractivity contribution in [2.75, 3.05) is 7.05 Å². The van der Waals surface area contributed by atoms with Gasteiger partial charge in [0, 0.05) is 25.0 Å². The third-order valence-electron chi connectivity index (χ3n) is 2.48. The fraction of sp³-hybridized carbons (Fsp3) is 0.0769. The molecular weight excluding hydrogens is 271 g/mol. The SMILES string of the molecule is CNC(=O)c1cncc(-c2ccc(Cl)c(Cl)c2)c1. The number of carbonyl (C=O) groups excluding carboxylic acids is 1. The van der Waals surface area contributed by atoms with E-state index in [1.807, 2.05) is 6.07 Å². The summed E-state index contributed by atoms with van der Waals surface area (Å²) in [5.74, 6) is -0.176. The van der Waals surface area contributed by atoms with E-state index in [0.29, 0.717) is 15.6 Å². The second-order valence-electron chi connectivity index (χ2n) is 3.67. The Morgan fingerprint density at radius 3 is 2.56 bits per heavy atom. The summed E-state index contributed by atoms with van der Waals surface area (Å²) < 4.78 is 0. The fourth-order valence-electron chi connectivity index (χ4n) is 1.54. The van der Waals surface area contributed by atoms with Gasteiger partial charge in [-0.1, -0.05) is 29.3 Å². The van der Waals surface area contributed by atoms with Crippen LogP contribution in [0.25, 0.3) is 11.1 Å². The van der Waals surface area contributed by atoms with Gasteiger partial charge < -0.3 is 5.32 Å². The van der Waals surface area contributed by atoms with Gasteiger partial charge in [0.05, 0.1) is 15.6 Å². The summed E-state index contributed by atoms with van der Waals surface area (Å²) in [4.78, 5) is 15.6. The first-order valence-electron chi connectivity index (χ1n) is 5.24. The van der Waals surface area contributed by atoms with Crippen LogP contribution in [-0.4, -0.2) is 17.9 Å². The highest BCUT2D eigenvalue weighted by molar-refractivity contribution is 6.42. The maximum Gasteiger partial charge on any atom is 0.252 e. The number of halogens is 2. The summed E-state index contributed by atoms with van der Waals surface area (Å²) in [6.07, 6.45) is 3.19. The van der Waals surface area contributed by atoms with Crippen molar-refractivity contribution in [3.63, 3.8) is 0 Å². The first-order chi connectivity index (χ1) is 8.61. The molecule has 92 valence electrons. The molecule has 1 aromatic carbocycles. The lowest BCUT2D eigenvalue weighted by Gasteiger charge is -2.05. The van der Waals surface area contributed by atoms with E-state index in [1.54, 1.807) is 31.4 Å². The molecule has 1 aromatic heterocycles. The quantitative estimate of drug-likeness (QED) is 0.916. The lowest BCUT2D eigenvalue weighted by molar-refractivity contribution is 0.0963. The van der Waals surface area contributed by atoms with Crippen LogP contribution in [0.1, 0.15) is 10.4 Å². The van der Waals surface area contributed by atoms with Crippen LogP contribution in [0.3, 0.4) is 0 Å². The van der Waals surface area contributed by atoms with Gasteiger partial charge in [-0.15, -0.1) is 0 Å². The molecule has 0 aliphatic rings. The third-order valence-corrected chi connectivity index (χ3v) is 3.22. The molecule has 0 aliphatic carbocycles. The van der Waals surface area contributed by atoms with Gasteiger partial charge in [0.1, 0.15) is 0 Å². The predicted octanol–water partition coefficient (Wildman–Crippen LogP) is 3.42. The van der Waals surface area contributed by atoms with Crippen molar-refractivity contribution in [3.8, 4) is 11.1 Å². The van der Waals surface area contributed by atoms with Crippen LogP contribution in [0.4, 0.5) is 0 Å². The number of nitrogens with one attached hydrogen (secondary N) is 1. The number of hydrogen-bond donors (Lipinski definition) is 1. The number of nitrogens with zero attached hydrogens (tertiary/aromatic N) is 1. The van der Waals surface area contributed by atoms with Crippen molar-refractivity contribution in [2.45, 2.75) is 0 Å². The van der Waals surface area contributed by atoms with Gasteiger partial charge in [-0.3, -0.25) is 9.78 Å². The normalized spacial score (nSPS) is 10.2. The molecule has 0 atom stereocenters. The molecular formula is C13H10Cl2N2O. The first kappa shape index (κ1) is 12.9. The second kappa shape index (κ2) is 5.38. The van der Waals surface area contributed by atoms with Crippen LogP contribution >= 0.6 is 23.2 Å². The van der Waals surface area contributed by atoms with Crippen LogP contribution in [0.15, 0.2) is 36.7 Å². The van der Waals surface area contributed by atoms with Crippen LogP contribution < -0.4 is 5.32 Å². The minimum Gasteiger partial charge on any atom is -0.355 e. The largest absolute Gasteiger partial charge is 0.355 e. The number of hydrogen-bond acceptors (Lipinski definition) is 2. The molecule has 2 aromatic rings. The summed E-state index contributed by atoms with van der Waals surface area (Å²) in [5.41, 5.74) is 2.18. The minimum absolute atomic E-state index is 0.176. The van der Waals surface area contributed by atoms with E-state index >= 15 is 0 Å². The number of amides is 1. The van der Waals surface area contributed by atoms with Crippen LogP contribution in [0.5, 0.6) is 0 Å². The summed E-state index contributed by atoms with van der Waals surface area (Å²) in [6, 6.07) is 7.05. The zero-order valence-corrected chi connectivity index (χ0v) is 11.1. The van der Waals surface area contributed by atoms with Gasteiger partial charge in [0.25, 0.3) is 5.91 Å². The number of carbonyl (C=O) groups is 1. The highest BCUT2D eigenvalue weighted by atomic mass is 35.5. The maximum atomic E-state index is 11.5. The molecule has 1 amide bonds. The molecule has 0 unspecified atom stereocenters. The Balaban J connectivity index is 2.44. The molecule has 1 heterocycles. The molecule has 5 heteroatoms. The van der Waals surface area contributed by atoms with Crippen molar-refractivity contribution < 1.29 is 4.79 Å². The maximum absolute atomic E-state index is 11.5. The van der Waals surface area contributed by atoms with Crippen LogP contribution in [0, 0.1) is 0 Å². The van der Waals surface area contributed by atoms with Gasteiger partial charge in [0.2, 0.25) is 0 Å². The number of pyridine rings is 1. The summed E-state index contributed by atoms with van der Waals surface area (Å²) in [5, 5.41) is 3.52. The Kier molecular flexibility index (Phi) is 3.84. The lowest BCUT2D eigenvalue weighted by atomic mass is 10.1. The zero-order valence-electron chi connectivity index (χ0n) is 9.58.